The summed E-state index contributed by atoms with van der Waals surface area (Å²) in [4.78, 5) is 25.0. The molecule has 1 atom stereocenters. The molecular weight excluding hydrogens is 414 g/mol. The molecule has 174 valence electrons. The predicted octanol–water partition coefficient (Wildman–Crippen LogP) is 5.44. The third-order valence-corrected chi connectivity index (χ3v) is 5.87. The highest BCUT2D eigenvalue weighted by molar-refractivity contribution is 5.94. The summed E-state index contributed by atoms with van der Waals surface area (Å²) in [6.45, 7) is 12.4. The van der Waals surface area contributed by atoms with Crippen molar-refractivity contribution >= 4 is 11.9 Å². The first kappa shape index (κ1) is 24.2. The number of rotatable bonds is 7. The number of aromatic nitrogens is 2. The van der Waals surface area contributed by atoms with Crippen LogP contribution in [0.25, 0.3) is 16.9 Å². The van der Waals surface area contributed by atoms with Crippen LogP contribution in [-0.2, 0) is 11.2 Å². The summed E-state index contributed by atoms with van der Waals surface area (Å²) in [6, 6.07) is 17.2. The highest BCUT2D eigenvalue weighted by Gasteiger charge is 2.22. The first-order valence-corrected chi connectivity index (χ1v) is 11.4. The van der Waals surface area contributed by atoms with Crippen LogP contribution in [0.4, 0.5) is 0 Å². The van der Waals surface area contributed by atoms with Gasteiger partial charge in [-0.2, -0.15) is 5.10 Å². The molecule has 0 spiro atoms. The predicted molar refractivity (Wildman–Crippen MR) is 131 cm³/mol. The molecular formula is C27H33N3O3. The molecule has 0 aliphatic heterocycles. The summed E-state index contributed by atoms with van der Waals surface area (Å²) in [5, 5.41) is 7.57. The van der Waals surface area contributed by atoms with E-state index in [1.807, 2.05) is 31.2 Å². The second-order valence-corrected chi connectivity index (χ2v) is 9.21. The Morgan fingerprint density at radius 1 is 1.03 bits per heavy atom. The molecule has 1 amide bonds. The van der Waals surface area contributed by atoms with Gasteiger partial charge < -0.3 is 10.1 Å². The maximum Gasteiger partial charge on any atom is 0.358 e. The van der Waals surface area contributed by atoms with Gasteiger partial charge in [-0.15, -0.1) is 0 Å². The van der Waals surface area contributed by atoms with Gasteiger partial charge in [0.25, 0.3) is 5.91 Å². The number of nitrogens with one attached hydrogen (secondary N) is 1. The second kappa shape index (κ2) is 10.0. The second-order valence-electron chi connectivity index (χ2n) is 9.21. The van der Waals surface area contributed by atoms with Crippen LogP contribution in [0, 0.1) is 5.41 Å². The maximum atomic E-state index is 12.7. The summed E-state index contributed by atoms with van der Waals surface area (Å²) >= 11 is 0. The summed E-state index contributed by atoms with van der Waals surface area (Å²) in [5.41, 5.74) is 4.48. The average molecular weight is 448 g/mol. The van der Waals surface area contributed by atoms with Crippen LogP contribution in [0.2, 0.25) is 0 Å². The minimum Gasteiger partial charge on any atom is -0.461 e. The standard InChI is InChI=1S/C27H33N3O3/c1-7-19-9-11-20(12-10-19)24-17-23(26(32)33-8-2)29-30(24)22-15-13-21(14-16-22)25(31)28-18(3)27(4,5)6/h9-18H,7-8H2,1-6H3,(H,28,31)/t18-/m0/s1. The lowest BCUT2D eigenvalue weighted by molar-refractivity contribution is 0.0518. The molecule has 0 fully saturated rings. The van der Waals surface area contributed by atoms with Crippen molar-refractivity contribution in [3.63, 3.8) is 0 Å². The van der Waals surface area contributed by atoms with Gasteiger partial charge in [-0.1, -0.05) is 52.0 Å². The Bertz CT molecular complexity index is 1110. The molecule has 3 aromatic rings. The zero-order valence-electron chi connectivity index (χ0n) is 20.3. The number of hydrogen-bond donors (Lipinski definition) is 1. The molecule has 3 rings (SSSR count). The molecule has 0 bridgehead atoms. The molecule has 0 unspecified atom stereocenters. The highest BCUT2D eigenvalue weighted by Crippen LogP contribution is 2.26. The van der Waals surface area contributed by atoms with Crippen LogP contribution in [0.5, 0.6) is 0 Å². The van der Waals surface area contributed by atoms with Gasteiger partial charge in [0.15, 0.2) is 5.69 Å². The van der Waals surface area contributed by atoms with E-state index in [4.69, 9.17) is 4.74 Å². The Morgan fingerprint density at radius 2 is 1.67 bits per heavy atom. The minimum atomic E-state index is -0.463. The number of carbonyl (C=O) groups is 2. The SMILES string of the molecule is CCOC(=O)c1cc(-c2ccc(CC)cc2)n(-c2ccc(C(=O)N[C@@H](C)C(C)(C)C)cc2)n1. The molecule has 1 aromatic heterocycles. The van der Waals surface area contributed by atoms with E-state index in [-0.39, 0.29) is 29.7 Å². The Labute approximate surface area is 196 Å². The molecule has 2 aromatic carbocycles. The lowest BCUT2D eigenvalue weighted by atomic mass is 9.88. The van der Waals surface area contributed by atoms with Gasteiger partial charge in [-0.3, -0.25) is 4.79 Å². The van der Waals surface area contributed by atoms with Crippen molar-refractivity contribution < 1.29 is 14.3 Å². The number of nitrogens with zero attached hydrogens (tertiary/aromatic N) is 2. The Hall–Kier alpha value is -3.41. The molecule has 1 heterocycles. The Morgan fingerprint density at radius 3 is 2.21 bits per heavy atom. The number of hydrogen-bond acceptors (Lipinski definition) is 4. The van der Waals surface area contributed by atoms with E-state index in [0.29, 0.717) is 5.56 Å². The fourth-order valence-electron chi connectivity index (χ4n) is 3.25. The zero-order chi connectivity index (χ0) is 24.2. The molecule has 0 radical (unpaired) electrons. The zero-order valence-corrected chi connectivity index (χ0v) is 20.3. The molecule has 33 heavy (non-hydrogen) atoms. The Balaban J connectivity index is 1.95. The van der Waals surface area contributed by atoms with E-state index in [1.165, 1.54) is 5.56 Å². The number of carbonyl (C=O) groups excluding carboxylic acids is 2. The highest BCUT2D eigenvalue weighted by atomic mass is 16.5. The van der Waals surface area contributed by atoms with Crippen molar-refractivity contribution in [3.8, 4) is 16.9 Å². The summed E-state index contributed by atoms with van der Waals surface area (Å²) in [6.07, 6.45) is 0.949. The monoisotopic (exact) mass is 447 g/mol. The molecule has 0 saturated heterocycles. The van der Waals surface area contributed by atoms with Gasteiger partial charge in [0.05, 0.1) is 18.0 Å². The lowest BCUT2D eigenvalue weighted by Gasteiger charge is -2.28. The van der Waals surface area contributed by atoms with Crippen molar-refractivity contribution in [2.24, 2.45) is 5.41 Å². The van der Waals surface area contributed by atoms with Crippen molar-refractivity contribution in [1.29, 1.82) is 0 Å². The van der Waals surface area contributed by atoms with E-state index in [0.717, 1.165) is 23.4 Å². The smallest absolute Gasteiger partial charge is 0.358 e. The third-order valence-electron chi connectivity index (χ3n) is 5.87. The Kier molecular flexibility index (Phi) is 7.36. The van der Waals surface area contributed by atoms with Gasteiger partial charge in [-0.25, -0.2) is 9.48 Å². The largest absolute Gasteiger partial charge is 0.461 e. The average Bonchev–Trinajstić information content (AvgIpc) is 3.24. The normalized spacial score (nSPS) is 12.3. The fraction of sp³-hybridized carbons (Fsp3) is 0.370. The number of esters is 1. The van der Waals surface area contributed by atoms with Crippen molar-refractivity contribution in [1.82, 2.24) is 15.1 Å². The van der Waals surface area contributed by atoms with Gasteiger partial charge in [0.2, 0.25) is 0 Å². The van der Waals surface area contributed by atoms with E-state index < -0.39 is 5.97 Å². The summed E-state index contributed by atoms with van der Waals surface area (Å²) in [7, 11) is 0. The number of benzene rings is 2. The molecule has 6 nitrogen and oxygen atoms in total. The van der Waals surface area contributed by atoms with E-state index in [2.05, 4.69) is 50.2 Å². The van der Waals surface area contributed by atoms with E-state index >= 15 is 0 Å². The molecule has 1 N–H and O–H groups in total. The van der Waals surface area contributed by atoms with Gasteiger partial charge in [0, 0.05) is 17.2 Å². The van der Waals surface area contributed by atoms with Crippen molar-refractivity contribution in [2.45, 2.75) is 54.0 Å². The van der Waals surface area contributed by atoms with Crippen LogP contribution in [0.3, 0.4) is 0 Å². The van der Waals surface area contributed by atoms with Crippen LogP contribution in [0.1, 0.15) is 68.0 Å². The van der Waals surface area contributed by atoms with Gasteiger partial charge >= 0.3 is 5.97 Å². The molecule has 0 aliphatic rings. The number of ether oxygens (including phenoxy) is 1. The van der Waals surface area contributed by atoms with Crippen LogP contribution < -0.4 is 5.32 Å². The third kappa shape index (κ3) is 5.69. The molecule has 0 saturated carbocycles. The minimum absolute atomic E-state index is 0.0284. The van der Waals surface area contributed by atoms with Crippen LogP contribution in [0.15, 0.2) is 54.6 Å². The molecule has 6 heteroatoms. The van der Waals surface area contributed by atoms with Crippen molar-refractivity contribution in [2.75, 3.05) is 6.61 Å². The molecule has 0 aliphatic carbocycles. The fourth-order valence-corrected chi connectivity index (χ4v) is 3.25. The van der Waals surface area contributed by atoms with Gasteiger partial charge in [0.1, 0.15) is 0 Å². The topological polar surface area (TPSA) is 73.2 Å². The summed E-state index contributed by atoms with van der Waals surface area (Å²) < 4.78 is 6.87. The lowest BCUT2D eigenvalue weighted by Crippen LogP contribution is -2.41. The van der Waals surface area contributed by atoms with Gasteiger partial charge in [-0.05, 0) is 61.6 Å². The first-order chi connectivity index (χ1) is 15.6. The maximum absolute atomic E-state index is 12.7. The first-order valence-electron chi connectivity index (χ1n) is 11.4. The summed E-state index contributed by atoms with van der Waals surface area (Å²) in [5.74, 6) is -0.582. The van der Waals surface area contributed by atoms with E-state index in [1.54, 1.807) is 29.8 Å². The number of amides is 1. The van der Waals surface area contributed by atoms with E-state index in [9.17, 15) is 9.59 Å². The number of aryl methyl sites for hydroxylation is 1. The van der Waals surface area contributed by atoms with Crippen LogP contribution >= 0.6 is 0 Å². The van der Waals surface area contributed by atoms with Crippen LogP contribution in [-0.4, -0.2) is 34.3 Å². The quantitative estimate of drug-likeness (QED) is 0.489. The van der Waals surface area contributed by atoms with Crippen molar-refractivity contribution in [3.05, 3.63) is 71.4 Å².